The van der Waals surface area contributed by atoms with Crippen LogP contribution in [-0.4, -0.2) is 24.7 Å². The number of nitrogens with zero attached hydrogens (tertiary/aromatic N) is 2. The molecule has 0 aromatic carbocycles. The van der Waals surface area contributed by atoms with E-state index in [4.69, 9.17) is 5.73 Å². The van der Waals surface area contributed by atoms with Crippen LogP contribution in [0, 0.1) is 0 Å². The first kappa shape index (κ1) is 14.7. The van der Waals surface area contributed by atoms with E-state index >= 15 is 0 Å². The van der Waals surface area contributed by atoms with E-state index in [0.29, 0.717) is 13.1 Å². The molecule has 0 radical (unpaired) electrons. The molecule has 0 aliphatic heterocycles. The van der Waals surface area contributed by atoms with Crippen molar-refractivity contribution in [1.29, 1.82) is 0 Å². The van der Waals surface area contributed by atoms with Gasteiger partial charge in [-0.1, -0.05) is 0 Å². The molecule has 6 nitrogen and oxygen atoms in total. The lowest BCUT2D eigenvalue weighted by Crippen LogP contribution is -2.22. The summed E-state index contributed by atoms with van der Waals surface area (Å²) in [5.41, 5.74) is 5.39. The molecule has 0 unspecified atom stereocenters. The molecule has 0 saturated carbocycles. The summed E-state index contributed by atoms with van der Waals surface area (Å²) >= 11 is 4.85. The van der Waals surface area contributed by atoms with Gasteiger partial charge in [0.25, 0.3) is 0 Å². The van der Waals surface area contributed by atoms with E-state index in [1.165, 1.54) is 28.4 Å². The molecular weight excluding hydrogens is 352 g/mol. The number of nitrogens with one attached hydrogen (secondary N) is 1. The quantitative estimate of drug-likeness (QED) is 0.804. The first-order valence-electron chi connectivity index (χ1n) is 5.47. The normalized spacial score (nSPS) is 11.9. The lowest BCUT2D eigenvalue weighted by Gasteiger charge is -2.03. The predicted octanol–water partition coefficient (Wildman–Crippen LogP) is 1.14. The highest BCUT2D eigenvalue weighted by atomic mass is 79.9. The summed E-state index contributed by atoms with van der Waals surface area (Å²) in [6.07, 6.45) is 2.79. The van der Waals surface area contributed by atoms with E-state index in [-0.39, 0.29) is 11.4 Å². The lowest BCUT2D eigenvalue weighted by molar-refractivity contribution is 0.580. The van der Waals surface area contributed by atoms with E-state index < -0.39 is 10.0 Å². The summed E-state index contributed by atoms with van der Waals surface area (Å²) in [5.74, 6) is 0. The maximum Gasteiger partial charge on any atom is 0.244 e. The molecule has 19 heavy (non-hydrogen) atoms. The molecule has 104 valence electrons. The molecule has 0 spiro atoms. The number of nitrogens with two attached hydrogens (primary N) is 1. The fourth-order valence-corrected chi connectivity index (χ4v) is 3.90. The Labute approximate surface area is 123 Å². The van der Waals surface area contributed by atoms with Gasteiger partial charge in [-0.15, -0.1) is 11.3 Å². The van der Waals surface area contributed by atoms with Crippen LogP contribution < -0.4 is 10.5 Å². The van der Waals surface area contributed by atoms with Gasteiger partial charge in [-0.05, 0) is 27.4 Å². The van der Waals surface area contributed by atoms with Crippen molar-refractivity contribution in [2.75, 3.05) is 6.54 Å². The first-order valence-corrected chi connectivity index (χ1v) is 8.62. The van der Waals surface area contributed by atoms with Crippen LogP contribution in [0.25, 0.3) is 0 Å². The Kier molecular flexibility index (Phi) is 4.74. The van der Waals surface area contributed by atoms with Gasteiger partial charge in [-0.2, -0.15) is 5.10 Å². The van der Waals surface area contributed by atoms with Gasteiger partial charge in [0.15, 0.2) is 0 Å². The largest absolute Gasteiger partial charge is 0.329 e. The fraction of sp³-hybridized carbons (Fsp3) is 0.300. The highest BCUT2D eigenvalue weighted by Crippen LogP contribution is 2.22. The molecule has 0 aliphatic carbocycles. The lowest BCUT2D eigenvalue weighted by atomic mass is 10.5. The van der Waals surface area contributed by atoms with Gasteiger partial charge >= 0.3 is 0 Å². The van der Waals surface area contributed by atoms with Crippen LogP contribution >= 0.6 is 27.3 Å². The Morgan fingerprint density at radius 3 is 2.95 bits per heavy atom. The summed E-state index contributed by atoms with van der Waals surface area (Å²) in [4.78, 5) is 1.08. The Balaban J connectivity index is 2.07. The number of hydrogen-bond acceptors (Lipinski definition) is 5. The van der Waals surface area contributed by atoms with Gasteiger partial charge in [0, 0.05) is 28.6 Å². The van der Waals surface area contributed by atoms with Crippen LogP contribution in [0.1, 0.15) is 4.88 Å². The van der Waals surface area contributed by atoms with E-state index in [1.807, 2.05) is 11.4 Å². The van der Waals surface area contributed by atoms with Crippen molar-refractivity contribution in [2.24, 2.45) is 5.73 Å². The Morgan fingerprint density at radius 2 is 2.32 bits per heavy atom. The summed E-state index contributed by atoms with van der Waals surface area (Å²) in [6, 6.07) is 1.88. The van der Waals surface area contributed by atoms with Crippen molar-refractivity contribution in [3.63, 3.8) is 0 Å². The van der Waals surface area contributed by atoms with Crippen LogP contribution in [-0.2, 0) is 23.1 Å². The fourth-order valence-electron chi connectivity index (χ4n) is 1.43. The minimum atomic E-state index is -3.54. The standard InChI is InChI=1S/C10H13BrN4O2S2/c11-9-1-4-18-10(9)6-14-19(16,17)8-5-13-15(7-8)3-2-12/h1,4-5,7,14H,2-3,6,12H2. The highest BCUT2D eigenvalue weighted by molar-refractivity contribution is 9.10. The zero-order chi connectivity index (χ0) is 13.9. The third-order valence-electron chi connectivity index (χ3n) is 2.39. The molecule has 2 aromatic heterocycles. The molecule has 2 heterocycles. The van der Waals surface area contributed by atoms with Crippen molar-refractivity contribution < 1.29 is 8.42 Å². The average Bonchev–Trinajstić information content (AvgIpc) is 2.97. The smallest absolute Gasteiger partial charge is 0.244 e. The Hall–Kier alpha value is -0.740. The van der Waals surface area contributed by atoms with Gasteiger partial charge in [-0.25, -0.2) is 13.1 Å². The van der Waals surface area contributed by atoms with E-state index in [1.54, 1.807) is 0 Å². The second kappa shape index (κ2) is 6.14. The molecule has 0 atom stereocenters. The number of aromatic nitrogens is 2. The molecular formula is C10H13BrN4O2S2. The number of sulfonamides is 1. The second-order valence-electron chi connectivity index (χ2n) is 3.74. The number of thiophene rings is 1. The highest BCUT2D eigenvalue weighted by Gasteiger charge is 2.16. The van der Waals surface area contributed by atoms with E-state index in [0.717, 1.165) is 9.35 Å². The van der Waals surface area contributed by atoms with Crippen molar-refractivity contribution in [2.45, 2.75) is 18.0 Å². The van der Waals surface area contributed by atoms with Crippen LogP contribution in [0.3, 0.4) is 0 Å². The number of hydrogen-bond donors (Lipinski definition) is 2. The predicted molar refractivity (Wildman–Crippen MR) is 77.3 cm³/mol. The van der Waals surface area contributed by atoms with Crippen LogP contribution in [0.2, 0.25) is 0 Å². The molecule has 0 amide bonds. The summed E-state index contributed by atoms with van der Waals surface area (Å²) < 4.78 is 29.1. The van der Waals surface area contributed by atoms with Gasteiger partial charge in [-0.3, -0.25) is 4.68 Å². The molecule has 0 fully saturated rings. The van der Waals surface area contributed by atoms with E-state index in [2.05, 4.69) is 25.8 Å². The summed E-state index contributed by atoms with van der Waals surface area (Å²) in [6.45, 7) is 1.16. The van der Waals surface area contributed by atoms with Crippen molar-refractivity contribution in [3.8, 4) is 0 Å². The maximum absolute atomic E-state index is 12.0. The monoisotopic (exact) mass is 364 g/mol. The summed E-state index contributed by atoms with van der Waals surface area (Å²) in [5, 5.41) is 5.84. The zero-order valence-corrected chi connectivity index (χ0v) is 13.1. The minimum absolute atomic E-state index is 0.147. The minimum Gasteiger partial charge on any atom is -0.329 e. The molecule has 2 rings (SSSR count). The van der Waals surface area contributed by atoms with Crippen molar-refractivity contribution in [3.05, 3.63) is 33.2 Å². The molecule has 0 saturated heterocycles. The SMILES string of the molecule is NCCn1cc(S(=O)(=O)NCc2sccc2Br)cn1. The number of halogens is 1. The second-order valence-corrected chi connectivity index (χ2v) is 7.37. The maximum atomic E-state index is 12.0. The van der Waals surface area contributed by atoms with Crippen LogP contribution in [0.4, 0.5) is 0 Å². The third-order valence-corrected chi connectivity index (χ3v) is 5.67. The van der Waals surface area contributed by atoms with Crippen LogP contribution in [0.5, 0.6) is 0 Å². The van der Waals surface area contributed by atoms with Gasteiger partial charge in [0.05, 0.1) is 12.7 Å². The van der Waals surface area contributed by atoms with Gasteiger partial charge in [0.1, 0.15) is 4.90 Å². The van der Waals surface area contributed by atoms with Gasteiger partial charge < -0.3 is 5.73 Å². The van der Waals surface area contributed by atoms with Crippen molar-refractivity contribution >= 4 is 37.3 Å². The van der Waals surface area contributed by atoms with E-state index in [9.17, 15) is 8.42 Å². The molecule has 9 heteroatoms. The van der Waals surface area contributed by atoms with Crippen LogP contribution in [0.15, 0.2) is 33.2 Å². The summed E-state index contributed by atoms with van der Waals surface area (Å²) in [7, 11) is -3.54. The zero-order valence-electron chi connectivity index (χ0n) is 9.91. The van der Waals surface area contributed by atoms with Crippen molar-refractivity contribution in [1.82, 2.24) is 14.5 Å². The molecule has 0 bridgehead atoms. The van der Waals surface area contributed by atoms with Gasteiger partial charge in [0.2, 0.25) is 10.0 Å². The molecule has 2 aromatic rings. The first-order chi connectivity index (χ1) is 9.03. The Bertz CT molecular complexity index is 650. The third kappa shape index (κ3) is 3.63. The molecule has 3 N–H and O–H groups in total. The topological polar surface area (TPSA) is 90.0 Å². The molecule has 0 aliphatic rings. The Morgan fingerprint density at radius 1 is 1.53 bits per heavy atom. The number of rotatable bonds is 6. The average molecular weight is 365 g/mol.